The second-order valence-corrected chi connectivity index (χ2v) is 37.8. The highest BCUT2D eigenvalue weighted by Gasteiger charge is 2.46. The number of nitrogens with one attached hydrogen (secondary N) is 16. The number of aliphatic hydroxyl groups excluding tert-OH is 2. The summed E-state index contributed by atoms with van der Waals surface area (Å²) in [6, 6.07) is 7.13. The lowest BCUT2D eigenvalue weighted by molar-refractivity contribution is -0.148. The largest absolute Gasteiger partial charge is 0.480 e. The maximum atomic E-state index is 15.2. The smallest absolute Gasteiger partial charge is 0.326 e. The molecule has 9 rings (SSSR count). The van der Waals surface area contributed by atoms with E-state index < -0.39 is 247 Å². The average molecular weight is 2000 g/mol. The van der Waals surface area contributed by atoms with Gasteiger partial charge in [0.25, 0.3) is 0 Å². The molecule has 0 saturated carbocycles. The second kappa shape index (κ2) is 55.3. The third-order valence-electron chi connectivity index (χ3n) is 24.9. The predicted molar refractivity (Wildman–Crippen MR) is 528 cm³/mol. The van der Waals surface area contributed by atoms with Gasteiger partial charge in [-0.05, 0) is 149 Å². The lowest BCUT2D eigenvalue weighted by Gasteiger charge is -2.34. The van der Waals surface area contributed by atoms with Crippen molar-refractivity contribution in [1.29, 1.82) is 0 Å². The Morgan fingerprint density at radius 3 is 1.41 bits per heavy atom. The van der Waals surface area contributed by atoms with E-state index in [4.69, 9.17) is 22.9 Å². The van der Waals surface area contributed by atoms with Crippen LogP contribution in [0.2, 0.25) is 0 Å². The number of hydrogen-bond donors (Lipinski definition) is 23. The molecule has 5 heterocycles. The Morgan fingerprint density at radius 2 is 0.895 bits per heavy atom. The number of carboxylic acid groups (broad SMARTS) is 1. The molecule has 0 radical (unpaired) electrons. The highest BCUT2D eigenvalue weighted by atomic mass is 32.2. The van der Waals surface area contributed by atoms with Crippen LogP contribution in [0.15, 0.2) is 134 Å². The van der Waals surface area contributed by atoms with Gasteiger partial charge in [0.05, 0.1) is 25.1 Å². The molecule has 44 nitrogen and oxygen atoms in total. The van der Waals surface area contributed by atoms with E-state index in [0.29, 0.717) is 74.8 Å². The van der Waals surface area contributed by atoms with E-state index in [9.17, 15) is 82.4 Å². The molecule has 0 aliphatic carbocycles. The molecule has 17 amide bonds. The molecular formula is C98H135N23O21S. The number of aliphatic hydroxyl groups is 2. The zero-order chi connectivity index (χ0) is 104. The van der Waals surface area contributed by atoms with Gasteiger partial charge in [-0.25, -0.2) is 9.78 Å². The van der Waals surface area contributed by atoms with Crippen LogP contribution in [-0.4, -0.2) is 292 Å². The Bertz CT molecular complexity index is 5550. The maximum Gasteiger partial charge on any atom is 0.326 e. The minimum absolute atomic E-state index is 0.00402. The first-order valence-corrected chi connectivity index (χ1v) is 49.4. The van der Waals surface area contributed by atoms with Crippen molar-refractivity contribution < 1.29 is 102 Å². The Morgan fingerprint density at radius 1 is 0.455 bits per heavy atom. The number of rotatable bonds is 57. The number of H-pyrrole nitrogens is 3. The van der Waals surface area contributed by atoms with Crippen LogP contribution >= 0.6 is 11.8 Å². The van der Waals surface area contributed by atoms with Crippen molar-refractivity contribution in [3.8, 4) is 0 Å². The first kappa shape index (κ1) is 112. The number of unbranched alkanes of at least 4 members (excludes halogenated alkanes) is 1. The standard InChI is InChI=1S/C98H135N23O21S/c1-53(2)42-70(111-92(135)76(51-122)117-84(127)64(100)37-41-143-7)88(131)114-74(47-61-50-103-52-106-61)91(134)118-81(54(3)4)94(137)110-69(30-18-19-38-99)96(139)121-40-21-32-78(121)97(140)120-39-20-31-77(120)93(136)109-68(34-36-80(102)125)86(129)112-71(43-57-22-10-8-11-23-57)90(133)119-82(56(6)123)95(138)115-72(45-59-48-104-65-28-16-14-26-62(59)65)87(130)107-55(5)83(126)108-67(33-35-79(101)124)85(128)113-73(46-60-49-105-66-29-17-15-27-63(60)66)89(132)116-75(98(141)142)44-58-24-12-9-13-25-58/h8-17,22-29,48-50,52-56,64,67-78,81-82,104-105,122-123H,18-21,30-47,51,99-100H2,1-7H3,(H2,101,124)(H2,102,125)(H,103,106)(H,107,130)(H,108,126)(H,109,136)(H,110,137)(H,111,135)(H,112,129)(H,113,128)(H,114,131)(H,115,138)(H,116,132)(H,117,127)(H,118,134)(H,119,133)(H,141,142)/t55-,56+,64-,67-,68-,69-,70-,71-,72-,73-,74-,75-,76-,77-,78-,81-,82-/m0/s1. The number of nitrogens with two attached hydrogens (primary N) is 4. The number of primary amides is 2. The van der Waals surface area contributed by atoms with Gasteiger partial charge >= 0.3 is 5.97 Å². The van der Waals surface area contributed by atoms with Crippen LogP contribution in [0.1, 0.15) is 153 Å². The van der Waals surface area contributed by atoms with Gasteiger partial charge in [0.1, 0.15) is 90.6 Å². The van der Waals surface area contributed by atoms with E-state index in [1.54, 1.807) is 149 Å². The summed E-state index contributed by atoms with van der Waals surface area (Å²) < 4.78 is 0. The zero-order valence-corrected chi connectivity index (χ0v) is 82.0. The van der Waals surface area contributed by atoms with E-state index in [0.717, 1.165) is 6.92 Å². The number of aromatic amines is 3. The summed E-state index contributed by atoms with van der Waals surface area (Å²) >= 11 is 1.46. The van der Waals surface area contributed by atoms with Crippen LogP contribution in [0, 0.1) is 11.8 Å². The first-order valence-electron chi connectivity index (χ1n) is 48.0. The summed E-state index contributed by atoms with van der Waals surface area (Å²) in [5.74, 6) is -17.1. The van der Waals surface area contributed by atoms with Crippen molar-refractivity contribution in [3.63, 3.8) is 0 Å². The molecule has 2 aliphatic heterocycles. The van der Waals surface area contributed by atoms with Crippen molar-refractivity contribution >= 4 is 140 Å². The van der Waals surface area contributed by atoms with Crippen LogP contribution in [0.25, 0.3) is 21.8 Å². The van der Waals surface area contributed by atoms with Crippen molar-refractivity contribution in [2.24, 2.45) is 34.8 Å². The van der Waals surface area contributed by atoms with Crippen LogP contribution in [0.4, 0.5) is 0 Å². The quantitative estimate of drug-likeness (QED) is 0.0185. The van der Waals surface area contributed by atoms with Gasteiger partial charge in [0.15, 0.2) is 0 Å². The van der Waals surface area contributed by atoms with E-state index in [1.807, 2.05) is 6.26 Å². The summed E-state index contributed by atoms with van der Waals surface area (Å²) in [7, 11) is 0. The van der Waals surface area contributed by atoms with Crippen LogP contribution < -0.4 is 92.1 Å². The van der Waals surface area contributed by atoms with E-state index in [2.05, 4.69) is 89.1 Å². The minimum Gasteiger partial charge on any atom is -0.480 e. The fourth-order valence-corrected chi connectivity index (χ4v) is 17.6. The van der Waals surface area contributed by atoms with Gasteiger partial charge in [-0.1, -0.05) is 125 Å². The van der Waals surface area contributed by atoms with Gasteiger partial charge in [0, 0.05) is 104 Å². The number of carbonyl (C=O) groups is 18. The fourth-order valence-electron chi connectivity index (χ4n) is 17.1. The number of carbonyl (C=O) groups excluding carboxylic acids is 17. The molecular weight excluding hydrogens is 1870 g/mol. The monoisotopic (exact) mass is 2000 g/mol. The third kappa shape index (κ3) is 33.5. The molecule has 27 N–H and O–H groups in total. The Kier molecular flexibility index (Phi) is 43.5. The summed E-state index contributed by atoms with van der Waals surface area (Å²) in [6.45, 7) is 8.62. The molecule has 0 unspecified atom stereocenters. The van der Waals surface area contributed by atoms with E-state index >= 15 is 19.2 Å². The van der Waals surface area contributed by atoms with Crippen LogP contribution in [-0.2, 0) is 118 Å². The second-order valence-electron chi connectivity index (χ2n) is 36.8. The number of imidazole rings is 1. The summed E-state index contributed by atoms with van der Waals surface area (Å²) in [5, 5.41) is 67.3. The predicted octanol–water partition coefficient (Wildman–Crippen LogP) is -1.91. The number of nitrogens with zero attached hydrogens (tertiary/aromatic N) is 3. The lowest BCUT2D eigenvalue weighted by atomic mass is 9.99. The molecule has 45 heteroatoms. The van der Waals surface area contributed by atoms with Crippen molar-refractivity contribution in [2.45, 2.75) is 260 Å². The van der Waals surface area contributed by atoms with Crippen LogP contribution in [0.5, 0.6) is 0 Å². The lowest BCUT2D eigenvalue weighted by Crippen LogP contribution is -2.62. The Hall–Kier alpha value is -14.2. The number of carboxylic acids is 1. The Labute approximate surface area is 831 Å². The summed E-state index contributed by atoms with van der Waals surface area (Å²) in [6.07, 6.45) is 4.70. The van der Waals surface area contributed by atoms with Crippen molar-refractivity contribution in [3.05, 3.63) is 162 Å². The SMILES string of the molecule is CSCC[C@H](N)C(=O)N[C@@H](CO)C(=O)N[C@@H](CC(C)C)C(=O)N[C@@H](Cc1cnc[nH]1)C(=O)N[C@H](C(=O)N[C@@H](CCCCN)C(=O)N1CCC[C@H]1C(=O)N1CCC[C@H]1C(=O)N[C@@H](CCC(N)=O)C(=O)N[C@@H](Cc1ccccc1)C(=O)N[C@H](C(=O)N[C@@H](Cc1c[nH]c2ccccc12)C(=O)N[C@@H](C)C(=O)N[C@@H](CCC(N)=O)C(=O)N[C@@H](Cc1c[nH]c2ccccc12)C(=O)N[C@@H](Cc1ccccc1)C(=O)O)[C@@H](C)O)C(C)C. The maximum absolute atomic E-state index is 15.2. The van der Waals surface area contributed by atoms with Gasteiger partial charge in [0.2, 0.25) is 100 Å². The molecule has 0 spiro atoms. The van der Waals surface area contributed by atoms with Gasteiger partial charge in [-0.2, -0.15) is 11.8 Å². The highest BCUT2D eigenvalue weighted by molar-refractivity contribution is 7.98. The number of amides is 17. The topological polar surface area (TPSA) is 695 Å². The molecule has 2 saturated heterocycles. The molecule has 2 fully saturated rings. The molecule has 17 atom stereocenters. The Balaban J connectivity index is 0.884. The van der Waals surface area contributed by atoms with Crippen molar-refractivity contribution in [1.82, 2.24) is 98.9 Å². The zero-order valence-electron chi connectivity index (χ0n) is 81.2. The number of aromatic nitrogens is 4. The van der Waals surface area contributed by atoms with Gasteiger partial charge in [-0.3, -0.25) is 81.5 Å². The average Bonchev–Trinajstić information content (AvgIpc) is 1.63. The van der Waals surface area contributed by atoms with E-state index in [1.165, 1.54) is 41.0 Å². The number of thioether (sulfide) groups is 1. The van der Waals surface area contributed by atoms with Gasteiger partial charge < -0.3 is 132 Å². The number of benzene rings is 4. The van der Waals surface area contributed by atoms with E-state index in [-0.39, 0.29) is 96.2 Å². The van der Waals surface area contributed by atoms with Gasteiger partial charge in [-0.15, -0.1) is 0 Å². The molecule has 143 heavy (non-hydrogen) atoms. The number of hydrogen-bond acceptors (Lipinski definition) is 24. The number of likely N-dealkylation sites (tertiary alicyclic amines) is 2. The number of aliphatic carboxylic acids is 1. The van der Waals surface area contributed by atoms with Crippen LogP contribution in [0.3, 0.4) is 0 Å². The highest BCUT2D eigenvalue weighted by Crippen LogP contribution is 2.29. The summed E-state index contributed by atoms with van der Waals surface area (Å²) in [5.41, 5.74) is 26.9. The molecule has 2 aliphatic rings. The molecule has 774 valence electrons. The molecule has 4 aromatic carbocycles. The molecule has 7 aromatic rings. The first-order chi connectivity index (χ1) is 68.3. The number of fused-ring (bicyclic) bond motifs is 2. The summed E-state index contributed by atoms with van der Waals surface area (Å²) in [4.78, 5) is 273. The normalized spacial score (nSPS) is 16.7. The van der Waals surface area contributed by atoms with Crippen molar-refractivity contribution in [2.75, 3.05) is 38.2 Å². The minimum atomic E-state index is -1.94. The fraction of sp³-hybridized carbons (Fsp3) is 0.500. The molecule has 0 bridgehead atoms. The number of para-hydroxylation sites is 2. The molecule has 3 aromatic heterocycles. The third-order valence-corrected chi connectivity index (χ3v) is 25.6.